The maximum atomic E-state index is 11.9. The molecule has 1 N–H and O–H groups in total. The van der Waals surface area contributed by atoms with Crippen LogP contribution in [0.25, 0.3) is 5.69 Å². The van der Waals surface area contributed by atoms with Crippen molar-refractivity contribution in [2.45, 2.75) is 6.92 Å². The van der Waals surface area contributed by atoms with Crippen molar-refractivity contribution < 1.29 is 4.79 Å². The fraction of sp³-hybridized carbons (Fsp3) is 0.231. The summed E-state index contributed by atoms with van der Waals surface area (Å²) in [6, 6.07) is 9.23. The highest BCUT2D eigenvalue weighted by atomic mass is 16.2. The molecule has 0 aliphatic rings. The van der Waals surface area contributed by atoms with Crippen LogP contribution >= 0.6 is 0 Å². The Labute approximate surface area is 105 Å². The van der Waals surface area contributed by atoms with Crippen LogP contribution in [0.2, 0.25) is 0 Å². The van der Waals surface area contributed by atoms with E-state index in [1.165, 1.54) is 9.47 Å². The van der Waals surface area contributed by atoms with Gasteiger partial charge in [0.25, 0.3) is 5.91 Å². The summed E-state index contributed by atoms with van der Waals surface area (Å²) in [5.74, 6) is -0.209. The lowest BCUT2D eigenvalue weighted by Gasteiger charge is -2.09. The molecule has 94 valence electrons. The fourth-order valence-electron chi connectivity index (χ4n) is 1.84. The third kappa shape index (κ3) is 1.95. The second-order valence-electron chi connectivity index (χ2n) is 4.26. The number of para-hydroxylation sites is 1. The van der Waals surface area contributed by atoms with Crippen molar-refractivity contribution in [1.82, 2.24) is 14.5 Å². The molecule has 0 spiro atoms. The number of aromatic amines is 1. The summed E-state index contributed by atoms with van der Waals surface area (Å²) in [5, 5.41) is 0. The molecule has 0 unspecified atom stereocenters. The smallest absolute Gasteiger partial charge is 0.330 e. The molecule has 1 heterocycles. The van der Waals surface area contributed by atoms with Crippen molar-refractivity contribution in [2.24, 2.45) is 0 Å². The molecule has 0 saturated carbocycles. The first-order valence-electron chi connectivity index (χ1n) is 5.61. The van der Waals surface area contributed by atoms with Crippen molar-refractivity contribution in [3.05, 3.63) is 52.2 Å². The predicted molar refractivity (Wildman–Crippen MR) is 69.1 cm³/mol. The number of H-pyrrole nitrogens is 1. The largest absolute Gasteiger partial charge is 0.343 e. The third-order valence-corrected chi connectivity index (χ3v) is 2.77. The maximum absolute atomic E-state index is 11.9. The van der Waals surface area contributed by atoms with Crippen LogP contribution in [0.3, 0.4) is 0 Å². The molecular weight excluding hydrogens is 230 g/mol. The normalized spacial score (nSPS) is 10.4. The van der Waals surface area contributed by atoms with Gasteiger partial charge in [-0.25, -0.2) is 4.79 Å². The first-order chi connectivity index (χ1) is 8.52. The number of hydrogen-bond donors (Lipinski definition) is 1. The minimum Gasteiger partial charge on any atom is -0.343 e. The number of carbonyl (C=O) groups is 1. The Morgan fingerprint density at radius 1 is 1.22 bits per heavy atom. The second kappa shape index (κ2) is 4.52. The Bertz CT molecular complexity index is 623. The number of hydrogen-bond acceptors (Lipinski definition) is 2. The number of imidazole rings is 1. The minimum absolute atomic E-state index is 0.209. The molecule has 0 aliphatic carbocycles. The Balaban J connectivity index is 2.59. The van der Waals surface area contributed by atoms with E-state index in [0.717, 1.165) is 5.69 Å². The zero-order chi connectivity index (χ0) is 13.3. The summed E-state index contributed by atoms with van der Waals surface area (Å²) in [6.45, 7) is 1.75. The molecule has 0 radical (unpaired) electrons. The summed E-state index contributed by atoms with van der Waals surface area (Å²) < 4.78 is 1.50. The number of benzene rings is 1. The molecule has 1 aromatic carbocycles. The number of nitrogens with zero attached hydrogens (tertiary/aromatic N) is 2. The van der Waals surface area contributed by atoms with E-state index in [0.29, 0.717) is 11.4 Å². The molecule has 1 amide bonds. The van der Waals surface area contributed by atoms with Crippen molar-refractivity contribution >= 4 is 5.91 Å². The lowest BCUT2D eigenvalue weighted by molar-refractivity contribution is 0.0821. The highest BCUT2D eigenvalue weighted by molar-refractivity contribution is 5.93. The molecule has 2 rings (SSSR count). The van der Waals surface area contributed by atoms with Crippen LogP contribution in [-0.4, -0.2) is 34.5 Å². The van der Waals surface area contributed by atoms with Gasteiger partial charge < -0.3 is 9.88 Å². The topological polar surface area (TPSA) is 58.1 Å². The van der Waals surface area contributed by atoms with Crippen LogP contribution in [0.5, 0.6) is 0 Å². The van der Waals surface area contributed by atoms with Gasteiger partial charge in [-0.3, -0.25) is 9.36 Å². The van der Waals surface area contributed by atoms with Crippen molar-refractivity contribution in [3.8, 4) is 5.69 Å². The molecule has 1 aromatic heterocycles. The summed E-state index contributed by atoms with van der Waals surface area (Å²) in [4.78, 5) is 27.9. The van der Waals surface area contributed by atoms with Crippen molar-refractivity contribution in [3.63, 3.8) is 0 Å². The van der Waals surface area contributed by atoms with Crippen LogP contribution in [-0.2, 0) is 0 Å². The Morgan fingerprint density at radius 3 is 2.39 bits per heavy atom. The molecule has 5 nitrogen and oxygen atoms in total. The molecule has 5 heteroatoms. The van der Waals surface area contributed by atoms with E-state index >= 15 is 0 Å². The van der Waals surface area contributed by atoms with Gasteiger partial charge in [0.05, 0.1) is 11.4 Å². The lowest BCUT2D eigenvalue weighted by Crippen LogP contribution is -2.23. The average molecular weight is 245 g/mol. The van der Waals surface area contributed by atoms with Gasteiger partial charge in [0, 0.05) is 14.1 Å². The summed E-state index contributed by atoms with van der Waals surface area (Å²) in [7, 11) is 3.31. The van der Waals surface area contributed by atoms with Gasteiger partial charge in [0.15, 0.2) is 0 Å². The summed E-state index contributed by atoms with van der Waals surface area (Å²) >= 11 is 0. The molecule has 0 saturated heterocycles. The Morgan fingerprint density at radius 2 is 1.83 bits per heavy atom. The highest BCUT2D eigenvalue weighted by Gasteiger charge is 2.18. The number of amides is 1. The predicted octanol–water partition coefficient (Wildman–Crippen LogP) is 1.18. The van der Waals surface area contributed by atoms with Crippen molar-refractivity contribution in [2.75, 3.05) is 14.1 Å². The minimum atomic E-state index is -0.302. The van der Waals surface area contributed by atoms with Crippen LogP contribution in [0, 0.1) is 6.92 Å². The number of carbonyl (C=O) groups excluding carboxylic acids is 1. The van der Waals surface area contributed by atoms with E-state index in [1.54, 1.807) is 21.0 Å². The van der Waals surface area contributed by atoms with E-state index in [1.807, 2.05) is 30.3 Å². The Kier molecular flexibility index (Phi) is 3.06. The lowest BCUT2D eigenvalue weighted by atomic mass is 10.3. The maximum Gasteiger partial charge on any atom is 0.330 e. The Hall–Kier alpha value is -2.30. The standard InChI is InChI=1S/C13H15N3O2/c1-9-11(12(17)15(2)3)14-13(18)16(9)10-7-5-4-6-8-10/h4-8H,1-3H3,(H,14,18). The van der Waals surface area contributed by atoms with E-state index in [2.05, 4.69) is 4.98 Å². The molecular formula is C13H15N3O2. The summed E-state index contributed by atoms with van der Waals surface area (Å²) in [6.07, 6.45) is 0. The molecule has 0 atom stereocenters. The van der Waals surface area contributed by atoms with Gasteiger partial charge in [-0.1, -0.05) is 18.2 Å². The second-order valence-corrected chi connectivity index (χ2v) is 4.26. The monoisotopic (exact) mass is 245 g/mol. The molecule has 0 aliphatic heterocycles. The number of rotatable bonds is 2. The van der Waals surface area contributed by atoms with Crippen LogP contribution in [0.15, 0.2) is 35.1 Å². The molecule has 2 aromatic rings. The van der Waals surface area contributed by atoms with Gasteiger partial charge in [-0.2, -0.15) is 0 Å². The van der Waals surface area contributed by atoms with E-state index in [-0.39, 0.29) is 11.6 Å². The van der Waals surface area contributed by atoms with E-state index in [4.69, 9.17) is 0 Å². The van der Waals surface area contributed by atoms with Crippen molar-refractivity contribution in [1.29, 1.82) is 0 Å². The first kappa shape index (κ1) is 12.2. The number of nitrogens with one attached hydrogen (secondary N) is 1. The van der Waals surface area contributed by atoms with E-state index in [9.17, 15) is 9.59 Å². The average Bonchev–Trinajstić information content (AvgIpc) is 2.65. The van der Waals surface area contributed by atoms with E-state index < -0.39 is 0 Å². The molecule has 18 heavy (non-hydrogen) atoms. The first-order valence-corrected chi connectivity index (χ1v) is 5.61. The zero-order valence-electron chi connectivity index (χ0n) is 10.6. The quantitative estimate of drug-likeness (QED) is 0.863. The van der Waals surface area contributed by atoms with Gasteiger partial charge in [-0.15, -0.1) is 0 Å². The van der Waals surface area contributed by atoms with Gasteiger partial charge in [0.2, 0.25) is 0 Å². The SMILES string of the molecule is Cc1c(C(=O)N(C)C)[nH]c(=O)n1-c1ccccc1. The fourth-order valence-corrected chi connectivity index (χ4v) is 1.84. The van der Waals surface area contributed by atoms with Crippen LogP contribution in [0.4, 0.5) is 0 Å². The molecule has 0 bridgehead atoms. The molecule has 0 fully saturated rings. The number of aromatic nitrogens is 2. The van der Waals surface area contributed by atoms with Gasteiger partial charge >= 0.3 is 5.69 Å². The van der Waals surface area contributed by atoms with Gasteiger partial charge in [0.1, 0.15) is 5.69 Å². The van der Waals surface area contributed by atoms with Crippen LogP contribution in [0.1, 0.15) is 16.2 Å². The van der Waals surface area contributed by atoms with Crippen LogP contribution < -0.4 is 5.69 Å². The summed E-state index contributed by atoms with van der Waals surface area (Å²) in [5.41, 5.74) is 1.39. The highest BCUT2D eigenvalue weighted by Crippen LogP contribution is 2.11. The third-order valence-electron chi connectivity index (χ3n) is 2.77. The zero-order valence-corrected chi connectivity index (χ0v) is 10.6. The van der Waals surface area contributed by atoms with Gasteiger partial charge in [-0.05, 0) is 19.1 Å².